The monoisotopic (exact) mass is 450 g/mol. The Balaban J connectivity index is 1.65. The van der Waals surface area contributed by atoms with Crippen LogP contribution in [0.4, 0.5) is 5.00 Å². The van der Waals surface area contributed by atoms with Gasteiger partial charge in [-0.1, -0.05) is 25.1 Å². The second kappa shape index (κ2) is 9.72. The maximum Gasteiger partial charge on any atom is 0.341 e. The summed E-state index contributed by atoms with van der Waals surface area (Å²) in [5.41, 5.74) is 0.371. The van der Waals surface area contributed by atoms with Gasteiger partial charge in [-0.05, 0) is 44.4 Å². The number of hydrogen-bond donors (Lipinski definition) is 1. The standard InChI is InChI=1S/C21H26N2O5S2/c1-3-16-14-18(21(25)28-4-2)20(29-16)22-19(24)15-10-12-23(13-11-15)30(26,27)17-8-6-5-7-9-17/h5-9,14-15H,3-4,10-13H2,1-2H3,(H,22,24). The van der Waals surface area contributed by atoms with Crippen molar-refractivity contribution in [3.63, 3.8) is 0 Å². The number of piperidine rings is 1. The summed E-state index contributed by atoms with van der Waals surface area (Å²) in [5.74, 6) is -0.955. The molecule has 1 aliphatic rings. The van der Waals surface area contributed by atoms with E-state index in [0.29, 0.717) is 23.4 Å². The fraction of sp³-hybridized carbons (Fsp3) is 0.429. The molecule has 0 atom stereocenters. The highest BCUT2D eigenvalue weighted by Gasteiger charge is 2.32. The van der Waals surface area contributed by atoms with Crippen molar-refractivity contribution in [2.45, 2.75) is 38.0 Å². The maximum absolute atomic E-state index is 12.8. The van der Waals surface area contributed by atoms with Crippen LogP contribution in [0, 0.1) is 5.92 Å². The third-order valence-corrected chi connectivity index (χ3v) is 8.18. The highest BCUT2D eigenvalue weighted by atomic mass is 32.2. The minimum Gasteiger partial charge on any atom is -0.462 e. The van der Waals surface area contributed by atoms with E-state index in [2.05, 4.69) is 5.32 Å². The molecular weight excluding hydrogens is 424 g/mol. The van der Waals surface area contributed by atoms with E-state index in [4.69, 9.17) is 4.74 Å². The van der Waals surface area contributed by atoms with Gasteiger partial charge in [-0.2, -0.15) is 4.31 Å². The Hall–Kier alpha value is -2.23. The van der Waals surface area contributed by atoms with Gasteiger partial charge in [0, 0.05) is 23.9 Å². The summed E-state index contributed by atoms with van der Waals surface area (Å²) in [5, 5.41) is 3.37. The molecule has 1 fully saturated rings. The highest BCUT2D eigenvalue weighted by Crippen LogP contribution is 2.31. The van der Waals surface area contributed by atoms with E-state index in [1.807, 2.05) is 6.92 Å². The minimum absolute atomic E-state index is 0.193. The topological polar surface area (TPSA) is 92.8 Å². The first-order chi connectivity index (χ1) is 14.4. The van der Waals surface area contributed by atoms with Gasteiger partial charge in [0.15, 0.2) is 0 Å². The Morgan fingerprint density at radius 3 is 2.43 bits per heavy atom. The Bertz CT molecular complexity index is 994. The number of nitrogens with zero attached hydrogens (tertiary/aromatic N) is 1. The summed E-state index contributed by atoms with van der Waals surface area (Å²) in [6, 6.07) is 10.1. The quantitative estimate of drug-likeness (QED) is 0.652. The van der Waals surface area contributed by atoms with Crippen molar-refractivity contribution in [2.75, 3.05) is 25.0 Å². The van der Waals surface area contributed by atoms with Crippen LogP contribution in [0.5, 0.6) is 0 Å². The van der Waals surface area contributed by atoms with Crippen LogP contribution in [0.15, 0.2) is 41.3 Å². The van der Waals surface area contributed by atoms with Crippen LogP contribution in [0.1, 0.15) is 41.9 Å². The lowest BCUT2D eigenvalue weighted by molar-refractivity contribution is -0.120. The molecule has 1 aromatic carbocycles. The zero-order valence-electron chi connectivity index (χ0n) is 17.1. The number of rotatable bonds is 7. The molecule has 1 saturated heterocycles. The first-order valence-corrected chi connectivity index (χ1v) is 12.3. The van der Waals surface area contributed by atoms with Gasteiger partial charge in [0.25, 0.3) is 0 Å². The van der Waals surface area contributed by atoms with E-state index in [1.165, 1.54) is 15.6 Å². The number of aryl methyl sites for hydroxylation is 1. The summed E-state index contributed by atoms with van der Waals surface area (Å²) in [6.45, 7) is 4.54. The molecule has 1 aliphatic heterocycles. The van der Waals surface area contributed by atoms with E-state index < -0.39 is 16.0 Å². The van der Waals surface area contributed by atoms with E-state index in [1.54, 1.807) is 43.3 Å². The molecule has 2 heterocycles. The Morgan fingerprint density at radius 2 is 1.83 bits per heavy atom. The molecule has 0 unspecified atom stereocenters. The number of ether oxygens (including phenoxy) is 1. The van der Waals surface area contributed by atoms with Crippen molar-refractivity contribution in [3.8, 4) is 0 Å². The van der Waals surface area contributed by atoms with Crippen molar-refractivity contribution in [2.24, 2.45) is 5.92 Å². The number of esters is 1. The number of carbonyl (C=O) groups excluding carboxylic acids is 2. The average Bonchev–Trinajstić information content (AvgIpc) is 3.17. The van der Waals surface area contributed by atoms with E-state index in [0.717, 1.165) is 11.3 Å². The number of benzene rings is 1. The second-order valence-corrected chi connectivity index (χ2v) is 10.1. The van der Waals surface area contributed by atoms with Gasteiger partial charge in [0.2, 0.25) is 15.9 Å². The lowest BCUT2D eigenvalue weighted by atomic mass is 9.97. The number of amides is 1. The molecule has 1 N–H and O–H groups in total. The molecule has 0 radical (unpaired) electrons. The Kier molecular flexibility index (Phi) is 7.27. The van der Waals surface area contributed by atoms with E-state index in [-0.39, 0.29) is 36.4 Å². The van der Waals surface area contributed by atoms with Crippen LogP contribution < -0.4 is 5.32 Å². The molecule has 2 aromatic rings. The maximum atomic E-state index is 12.8. The largest absolute Gasteiger partial charge is 0.462 e. The van der Waals surface area contributed by atoms with Gasteiger partial charge in [-0.3, -0.25) is 4.79 Å². The van der Waals surface area contributed by atoms with Crippen LogP contribution in [0.2, 0.25) is 0 Å². The van der Waals surface area contributed by atoms with Crippen molar-refractivity contribution in [3.05, 3.63) is 46.8 Å². The molecule has 1 amide bonds. The van der Waals surface area contributed by atoms with Gasteiger partial charge in [-0.25, -0.2) is 13.2 Å². The molecule has 0 bridgehead atoms. The van der Waals surface area contributed by atoms with Crippen LogP contribution in [0.3, 0.4) is 0 Å². The second-order valence-electron chi connectivity index (χ2n) is 7.01. The number of hydrogen-bond acceptors (Lipinski definition) is 6. The number of thiophene rings is 1. The smallest absolute Gasteiger partial charge is 0.341 e. The van der Waals surface area contributed by atoms with Gasteiger partial charge >= 0.3 is 5.97 Å². The third-order valence-electron chi connectivity index (χ3n) is 5.07. The molecule has 1 aromatic heterocycles. The van der Waals surface area contributed by atoms with Crippen LogP contribution >= 0.6 is 11.3 Å². The molecule has 7 nitrogen and oxygen atoms in total. The molecule has 3 rings (SSSR count). The average molecular weight is 451 g/mol. The predicted octanol–water partition coefficient (Wildman–Crippen LogP) is 3.53. The van der Waals surface area contributed by atoms with Crippen molar-refractivity contribution in [1.82, 2.24) is 4.31 Å². The minimum atomic E-state index is -3.55. The summed E-state index contributed by atoms with van der Waals surface area (Å²) in [6.07, 6.45) is 1.61. The third kappa shape index (κ3) is 4.91. The van der Waals surface area contributed by atoms with E-state index >= 15 is 0 Å². The van der Waals surface area contributed by atoms with Gasteiger partial charge < -0.3 is 10.1 Å². The van der Waals surface area contributed by atoms with Crippen molar-refractivity contribution >= 4 is 38.2 Å². The Morgan fingerprint density at radius 1 is 1.17 bits per heavy atom. The number of nitrogens with one attached hydrogen (secondary N) is 1. The summed E-state index contributed by atoms with van der Waals surface area (Å²) >= 11 is 1.37. The van der Waals surface area contributed by atoms with Gasteiger partial charge in [-0.15, -0.1) is 11.3 Å². The molecule has 0 saturated carbocycles. The first kappa shape index (κ1) is 22.5. The van der Waals surface area contributed by atoms with Gasteiger partial charge in [0.05, 0.1) is 17.1 Å². The normalized spacial score (nSPS) is 15.7. The van der Waals surface area contributed by atoms with Crippen molar-refractivity contribution in [1.29, 1.82) is 0 Å². The molecule has 162 valence electrons. The van der Waals surface area contributed by atoms with Crippen molar-refractivity contribution < 1.29 is 22.7 Å². The highest BCUT2D eigenvalue weighted by molar-refractivity contribution is 7.89. The number of carbonyl (C=O) groups is 2. The SMILES string of the molecule is CCOC(=O)c1cc(CC)sc1NC(=O)C1CCN(S(=O)(=O)c2ccccc2)CC1. The lowest BCUT2D eigenvalue weighted by Gasteiger charge is -2.30. The van der Waals surface area contributed by atoms with Crippen LogP contribution in [-0.4, -0.2) is 44.3 Å². The lowest BCUT2D eigenvalue weighted by Crippen LogP contribution is -2.41. The van der Waals surface area contributed by atoms with Crippen LogP contribution in [0.25, 0.3) is 0 Å². The fourth-order valence-electron chi connectivity index (χ4n) is 3.38. The predicted molar refractivity (Wildman–Crippen MR) is 116 cm³/mol. The van der Waals surface area contributed by atoms with Gasteiger partial charge in [0.1, 0.15) is 5.00 Å². The molecule has 9 heteroatoms. The number of sulfonamides is 1. The molecule has 0 spiro atoms. The Labute approximate surface area is 181 Å². The number of anilines is 1. The van der Waals surface area contributed by atoms with E-state index in [9.17, 15) is 18.0 Å². The summed E-state index contributed by atoms with van der Waals surface area (Å²) in [7, 11) is -3.55. The first-order valence-electron chi connectivity index (χ1n) is 10.0. The molecule has 0 aliphatic carbocycles. The van der Waals surface area contributed by atoms with Crippen LogP contribution in [-0.2, 0) is 26.0 Å². The zero-order chi connectivity index (χ0) is 21.7. The summed E-state index contributed by atoms with van der Waals surface area (Å²) < 4.78 is 32.0. The molecular formula is C21H26N2O5S2. The molecule has 30 heavy (non-hydrogen) atoms. The zero-order valence-corrected chi connectivity index (χ0v) is 18.7. The fourth-order valence-corrected chi connectivity index (χ4v) is 5.86. The summed E-state index contributed by atoms with van der Waals surface area (Å²) in [4.78, 5) is 26.2.